The van der Waals surface area contributed by atoms with Gasteiger partial charge in [0, 0.05) is 32.3 Å². The maximum Gasteiger partial charge on any atom is 0.161 e. The molecule has 13 rings (SSSR count). The van der Waals surface area contributed by atoms with E-state index < -0.39 is 5.41 Å². The Morgan fingerprint density at radius 3 is 1.64 bits per heavy atom. The second-order valence-electron chi connectivity index (χ2n) is 15.5. The standard InChI is InChI=1S/C55H32N2OS/c1-2-16-33(17-3-1)49-36-19-4-6-21-38(36)50(39-22-7-5-20-37(39)49)54-56-51(53-52(57-54)40-23-9-15-29-48(40)59-53)34-30-31-43-41(32-34)35-18-8-10-24-42(35)55(43)44-25-11-13-27-46(44)58-47-28-14-12-26-45(47)55/h1-32H. The molecule has 59 heavy (non-hydrogen) atoms. The van der Waals surface area contributed by atoms with Crippen molar-refractivity contribution in [3.05, 3.63) is 216 Å². The summed E-state index contributed by atoms with van der Waals surface area (Å²) >= 11 is 1.77. The van der Waals surface area contributed by atoms with Crippen LogP contribution >= 0.6 is 11.3 Å². The van der Waals surface area contributed by atoms with Crippen LogP contribution in [0.2, 0.25) is 0 Å². The molecule has 4 heteroatoms. The number of aromatic nitrogens is 2. The van der Waals surface area contributed by atoms with E-state index in [1.54, 1.807) is 11.3 Å². The lowest BCUT2D eigenvalue weighted by molar-refractivity contribution is 0.436. The molecule has 0 saturated carbocycles. The minimum absolute atomic E-state index is 0.530. The molecule has 1 aliphatic carbocycles. The Morgan fingerprint density at radius 1 is 0.407 bits per heavy atom. The van der Waals surface area contributed by atoms with Gasteiger partial charge in [-0.05, 0) is 79.2 Å². The second kappa shape index (κ2) is 12.3. The van der Waals surface area contributed by atoms with Crippen molar-refractivity contribution >= 4 is 53.2 Å². The van der Waals surface area contributed by atoms with E-state index in [4.69, 9.17) is 14.7 Å². The Labute approximate surface area is 344 Å². The van der Waals surface area contributed by atoms with Gasteiger partial charge in [0.05, 0.1) is 21.3 Å². The molecular weight excluding hydrogens is 737 g/mol. The number of fused-ring (bicyclic) bond motifs is 14. The Kier molecular flexibility index (Phi) is 6.81. The summed E-state index contributed by atoms with van der Waals surface area (Å²) in [5, 5.41) is 5.79. The van der Waals surface area contributed by atoms with Crippen molar-refractivity contribution in [1.82, 2.24) is 9.97 Å². The molecule has 3 heterocycles. The van der Waals surface area contributed by atoms with Gasteiger partial charge in [-0.2, -0.15) is 0 Å². The van der Waals surface area contributed by atoms with Crippen LogP contribution in [0, 0.1) is 0 Å². The molecule has 0 atom stereocenters. The fourth-order valence-electron chi connectivity index (χ4n) is 10.2. The third kappa shape index (κ3) is 4.47. The summed E-state index contributed by atoms with van der Waals surface area (Å²) < 4.78 is 8.89. The van der Waals surface area contributed by atoms with Crippen LogP contribution < -0.4 is 4.74 Å². The van der Waals surface area contributed by atoms with Gasteiger partial charge in [0.15, 0.2) is 5.82 Å². The van der Waals surface area contributed by atoms with Crippen molar-refractivity contribution in [3.63, 3.8) is 0 Å². The summed E-state index contributed by atoms with van der Waals surface area (Å²) in [6.45, 7) is 0. The predicted octanol–water partition coefficient (Wildman–Crippen LogP) is 14.6. The molecule has 0 unspecified atom stereocenters. The zero-order valence-electron chi connectivity index (χ0n) is 31.7. The van der Waals surface area contributed by atoms with Crippen LogP contribution in [-0.4, -0.2) is 9.97 Å². The molecule has 9 aromatic carbocycles. The lowest BCUT2D eigenvalue weighted by Gasteiger charge is -2.39. The van der Waals surface area contributed by atoms with Crippen molar-refractivity contribution in [3.8, 4) is 56.4 Å². The molecule has 3 nitrogen and oxygen atoms in total. The number of thiophene rings is 1. The van der Waals surface area contributed by atoms with Crippen LogP contribution in [0.25, 0.3) is 86.7 Å². The average Bonchev–Trinajstić information content (AvgIpc) is 3.82. The van der Waals surface area contributed by atoms with Crippen molar-refractivity contribution in [2.24, 2.45) is 0 Å². The van der Waals surface area contributed by atoms with Crippen molar-refractivity contribution in [2.45, 2.75) is 5.41 Å². The predicted molar refractivity (Wildman–Crippen MR) is 244 cm³/mol. The third-order valence-electron chi connectivity index (χ3n) is 12.6. The number of para-hydroxylation sites is 2. The molecule has 11 aromatic rings. The van der Waals surface area contributed by atoms with Gasteiger partial charge in [0.25, 0.3) is 0 Å². The highest BCUT2D eigenvalue weighted by atomic mass is 32.1. The van der Waals surface area contributed by atoms with Gasteiger partial charge in [-0.25, -0.2) is 9.97 Å². The first-order chi connectivity index (χ1) is 29.3. The van der Waals surface area contributed by atoms with Crippen molar-refractivity contribution < 1.29 is 4.74 Å². The second-order valence-corrected chi connectivity index (χ2v) is 16.6. The van der Waals surface area contributed by atoms with Gasteiger partial charge in [-0.1, -0.05) is 170 Å². The van der Waals surface area contributed by atoms with E-state index in [2.05, 4.69) is 194 Å². The van der Waals surface area contributed by atoms with Crippen molar-refractivity contribution in [2.75, 3.05) is 0 Å². The molecule has 274 valence electrons. The van der Waals surface area contributed by atoms with Gasteiger partial charge >= 0.3 is 0 Å². The smallest absolute Gasteiger partial charge is 0.161 e. The summed E-state index contributed by atoms with van der Waals surface area (Å²) in [7, 11) is 0. The number of rotatable bonds is 3. The third-order valence-corrected chi connectivity index (χ3v) is 13.7. The molecule has 0 N–H and O–H groups in total. The van der Waals surface area contributed by atoms with Gasteiger partial charge in [0.1, 0.15) is 11.5 Å². The maximum absolute atomic E-state index is 6.60. The maximum atomic E-state index is 6.60. The number of nitrogens with zero attached hydrogens (tertiary/aromatic N) is 2. The molecular formula is C55H32N2OS. The largest absolute Gasteiger partial charge is 0.457 e. The van der Waals surface area contributed by atoms with Gasteiger partial charge in [-0.3, -0.25) is 0 Å². The summed E-state index contributed by atoms with van der Waals surface area (Å²) in [4.78, 5) is 11.2. The zero-order valence-corrected chi connectivity index (χ0v) is 32.5. The first-order valence-electron chi connectivity index (χ1n) is 20.1. The first-order valence-corrected chi connectivity index (χ1v) is 20.9. The van der Waals surface area contributed by atoms with E-state index >= 15 is 0 Å². The monoisotopic (exact) mass is 768 g/mol. The Balaban J connectivity index is 1.11. The number of benzene rings is 9. The highest BCUT2D eigenvalue weighted by Gasteiger charge is 2.51. The minimum Gasteiger partial charge on any atom is -0.457 e. The molecule has 1 aliphatic heterocycles. The van der Waals surface area contributed by atoms with Gasteiger partial charge in [0.2, 0.25) is 0 Å². The zero-order chi connectivity index (χ0) is 38.7. The van der Waals surface area contributed by atoms with Crippen LogP contribution in [0.4, 0.5) is 0 Å². The normalized spacial score (nSPS) is 13.4. The minimum atomic E-state index is -0.530. The Hall–Kier alpha value is -7.40. The van der Waals surface area contributed by atoms with Crippen LogP contribution in [0.15, 0.2) is 194 Å². The van der Waals surface area contributed by atoms with Gasteiger partial charge in [-0.15, -0.1) is 11.3 Å². The summed E-state index contributed by atoms with van der Waals surface area (Å²) in [5.74, 6) is 2.51. The first kappa shape index (κ1) is 32.7. The SMILES string of the molecule is c1ccc(-c2c3ccccc3c(-c3nc(-c4ccc5c(c4)-c4ccccc4C54c5ccccc5Oc5ccccc54)c4sc5ccccc5c4n3)c3ccccc23)cc1. The lowest BCUT2D eigenvalue weighted by atomic mass is 9.66. The molecule has 2 aliphatic rings. The summed E-state index contributed by atoms with van der Waals surface area (Å²) in [6.07, 6.45) is 0. The number of ether oxygens (including phenoxy) is 1. The molecule has 0 bridgehead atoms. The van der Waals surface area contributed by atoms with E-state index in [0.29, 0.717) is 0 Å². The topological polar surface area (TPSA) is 35.0 Å². The fraction of sp³-hybridized carbons (Fsp3) is 0.0182. The van der Waals surface area contributed by atoms with Crippen LogP contribution in [-0.2, 0) is 5.41 Å². The van der Waals surface area contributed by atoms with Crippen LogP contribution in [0.1, 0.15) is 22.3 Å². The number of hydrogen-bond acceptors (Lipinski definition) is 4. The highest BCUT2D eigenvalue weighted by Crippen LogP contribution is 2.62. The Bertz CT molecular complexity index is 3450. The lowest BCUT2D eigenvalue weighted by Crippen LogP contribution is -2.32. The van der Waals surface area contributed by atoms with E-state index in [1.807, 2.05) is 0 Å². The molecule has 0 amide bonds. The summed E-state index contributed by atoms with van der Waals surface area (Å²) in [5.41, 5.74) is 13.2. The van der Waals surface area contributed by atoms with E-state index in [9.17, 15) is 0 Å². The Morgan fingerprint density at radius 2 is 0.949 bits per heavy atom. The van der Waals surface area contributed by atoms with Crippen LogP contribution in [0.5, 0.6) is 11.5 Å². The quantitative estimate of drug-likeness (QED) is 0.168. The molecule has 1 spiro atoms. The van der Waals surface area contributed by atoms with Crippen LogP contribution in [0.3, 0.4) is 0 Å². The van der Waals surface area contributed by atoms with E-state index in [1.165, 1.54) is 48.9 Å². The molecule has 0 radical (unpaired) electrons. The average molecular weight is 769 g/mol. The fourth-order valence-corrected chi connectivity index (χ4v) is 11.3. The molecule has 2 aromatic heterocycles. The summed E-state index contributed by atoms with van der Waals surface area (Å²) in [6, 6.07) is 69.9. The molecule has 0 saturated heterocycles. The highest BCUT2D eigenvalue weighted by molar-refractivity contribution is 7.26. The van der Waals surface area contributed by atoms with Crippen molar-refractivity contribution in [1.29, 1.82) is 0 Å². The van der Waals surface area contributed by atoms with E-state index in [-0.39, 0.29) is 0 Å². The number of hydrogen-bond donors (Lipinski definition) is 0. The molecule has 0 fully saturated rings. The van der Waals surface area contributed by atoms with Gasteiger partial charge < -0.3 is 4.74 Å². The van der Waals surface area contributed by atoms with E-state index in [0.717, 1.165) is 71.6 Å².